The molecule has 2 aliphatic rings. The van der Waals surface area contributed by atoms with E-state index in [1.807, 2.05) is 18.5 Å². The Hall–Kier alpha value is -1.77. The maximum Gasteiger partial charge on any atom is 0.0451 e. The largest absolute Gasteiger partial charge is 0.398 e. The van der Waals surface area contributed by atoms with E-state index in [0.29, 0.717) is 0 Å². The zero-order valence-corrected chi connectivity index (χ0v) is 11.0. The van der Waals surface area contributed by atoms with E-state index in [2.05, 4.69) is 22.0 Å². The van der Waals surface area contributed by atoms with Gasteiger partial charge in [0, 0.05) is 47.1 Å². The van der Waals surface area contributed by atoms with Crippen LogP contribution in [0, 0.1) is 5.92 Å². The summed E-state index contributed by atoms with van der Waals surface area (Å²) in [5.74, 6) is 0.912. The monoisotopic (exact) mass is 253 g/mol. The van der Waals surface area contributed by atoms with E-state index in [9.17, 15) is 0 Å². The Bertz CT molecular complexity index is 614. The summed E-state index contributed by atoms with van der Waals surface area (Å²) in [6.45, 7) is 1.21. The van der Waals surface area contributed by atoms with Crippen LogP contribution >= 0.6 is 0 Å². The molecule has 4 rings (SSSR count). The molecule has 0 saturated heterocycles. The standard InChI is InChI=1S/C16H19N3/c17-15-5-6-16(13-7-8-18-9-14(13)15)19(12-3-4-12)10-11-1-2-11/h5-9,11-12H,1-4,10,17H2. The van der Waals surface area contributed by atoms with Crippen LogP contribution in [-0.2, 0) is 0 Å². The van der Waals surface area contributed by atoms with E-state index in [4.69, 9.17) is 5.73 Å². The first kappa shape index (κ1) is 11.1. The first-order valence-corrected chi connectivity index (χ1v) is 7.22. The molecule has 2 aliphatic carbocycles. The second-order valence-electron chi connectivity index (χ2n) is 5.92. The predicted octanol–water partition coefficient (Wildman–Crippen LogP) is 3.20. The van der Waals surface area contributed by atoms with Gasteiger partial charge in [-0.25, -0.2) is 0 Å². The molecule has 2 fully saturated rings. The number of hydrogen-bond donors (Lipinski definition) is 1. The lowest BCUT2D eigenvalue weighted by Gasteiger charge is -2.26. The molecule has 98 valence electrons. The van der Waals surface area contributed by atoms with Crippen molar-refractivity contribution in [2.75, 3.05) is 17.2 Å². The van der Waals surface area contributed by atoms with Gasteiger partial charge >= 0.3 is 0 Å². The first-order chi connectivity index (χ1) is 9.33. The van der Waals surface area contributed by atoms with Gasteiger partial charge in [-0.15, -0.1) is 0 Å². The molecule has 1 aromatic carbocycles. The van der Waals surface area contributed by atoms with Crippen LogP contribution in [0.1, 0.15) is 25.7 Å². The van der Waals surface area contributed by atoms with Gasteiger partial charge in [0.2, 0.25) is 0 Å². The summed E-state index contributed by atoms with van der Waals surface area (Å²) in [6, 6.07) is 7.07. The number of benzene rings is 1. The van der Waals surface area contributed by atoms with Crippen LogP contribution in [0.4, 0.5) is 11.4 Å². The minimum Gasteiger partial charge on any atom is -0.398 e. The Morgan fingerprint density at radius 2 is 1.95 bits per heavy atom. The topological polar surface area (TPSA) is 42.1 Å². The summed E-state index contributed by atoms with van der Waals surface area (Å²) >= 11 is 0. The van der Waals surface area contributed by atoms with Crippen LogP contribution in [0.15, 0.2) is 30.6 Å². The van der Waals surface area contributed by atoms with Crippen molar-refractivity contribution in [3.8, 4) is 0 Å². The lowest BCUT2D eigenvalue weighted by atomic mass is 10.1. The molecule has 0 amide bonds. The molecule has 2 saturated carbocycles. The number of nitrogens with two attached hydrogens (primary N) is 1. The van der Waals surface area contributed by atoms with Crippen LogP contribution < -0.4 is 10.6 Å². The molecule has 3 heteroatoms. The van der Waals surface area contributed by atoms with Gasteiger partial charge in [-0.1, -0.05) is 0 Å². The molecule has 0 spiro atoms. The van der Waals surface area contributed by atoms with Crippen molar-refractivity contribution in [1.29, 1.82) is 0 Å². The number of nitrogens with zero attached hydrogens (tertiary/aromatic N) is 2. The van der Waals surface area contributed by atoms with Gasteiger partial charge in [-0.05, 0) is 49.8 Å². The third kappa shape index (κ3) is 2.03. The normalized spacial score (nSPS) is 18.7. The molecule has 1 heterocycles. The third-order valence-corrected chi connectivity index (χ3v) is 4.28. The van der Waals surface area contributed by atoms with E-state index >= 15 is 0 Å². The Morgan fingerprint density at radius 1 is 1.11 bits per heavy atom. The average Bonchev–Trinajstić information content (AvgIpc) is 3.30. The fraction of sp³-hybridized carbons (Fsp3) is 0.438. The van der Waals surface area contributed by atoms with Crippen molar-refractivity contribution in [3.63, 3.8) is 0 Å². The summed E-state index contributed by atoms with van der Waals surface area (Å²) < 4.78 is 0. The van der Waals surface area contributed by atoms with Crippen molar-refractivity contribution in [1.82, 2.24) is 4.98 Å². The van der Waals surface area contributed by atoms with E-state index in [-0.39, 0.29) is 0 Å². The maximum absolute atomic E-state index is 6.07. The molecule has 2 aromatic rings. The minimum atomic E-state index is 0.751. The molecule has 19 heavy (non-hydrogen) atoms. The number of hydrogen-bond acceptors (Lipinski definition) is 3. The van der Waals surface area contributed by atoms with Crippen LogP contribution in [0.5, 0.6) is 0 Å². The number of fused-ring (bicyclic) bond motifs is 1. The second-order valence-corrected chi connectivity index (χ2v) is 5.92. The molecule has 2 N–H and O–H groups in total. The summed E-state index contributed by atoms with van der Waals surface area (Å²) in [7, 11) is 0. The van der Waals surface area contributed by atoms with E-state index < -0.39 is 0 Å². The van der Waals surface area contributed by atoms with Gasteiger partial charge in [0.1, 0.15) is 0 Å². The van der Waals surface area contributed by atoms with Gasteiger partial charge < -0.3 is 10.6 Å². The highest BCUT2D eigenvalue weighted by Gasteiger charge is 2.34. The van der Waals surface area contributed by atoms with Crippen LogP contribution in [0.25, 0.3) is 10.8 Å². The van der Waals surface area contributed by atoms with Gasteiger partial charge in [0.15, 0.2) is 0 Å². The molecule has 0 bridgehead atoms. The molecule has 0 aliphatic heterocycles. The molecule has 0 unspecified atom stereocenters. The first-order valence-electron chi connectivity index (χ1n) is 7.22. The van der Waals surface area contributed by atoms with Crippen molar-refractivity contribution < 1.29 is 0 Å². The van der Waals surface area contributed by atoms with Crippen molar-refractivity contribution in [3.05, 3.63) is 30.6 Å². The summed E-state index contributed by atoms with van der Waals surface area (Å²) in [6.07, 6.45) is 9.23. The van der Waals surface area contributed by atoms with E-state index in [0.717, 1.165) is 23.0 Å². The Kier molecular flexibility index (Phi) is 2.40. The van der Waals surface area contributed by atoms with Gasteiger partial charge in [0.25, 0.3) is 0 Å². The molecule has 0 radical (unpaired) electrons. The number of rotatable bonds is 4. The molecular weight excluding hydrogens is 234 g/mol. The molecular formula is C16H19N3. The van der Waals surface area contributed by atoms with Crippen LogP contribution in [0.3, 0.4) is 0 Å². The zero-order chi connectivity index (χ0) is 12.8. The van der Waals surface area contributed by atoms with Crippen molar-refractivity contribution in [2.45, 2.75) is 31.7 Å². The van der Waals surface area contributed by atoms with Gasteiger partial charge in [0.05, 0.1) is 0 Å². The predicted molar refractivity (Wildman–Crippen MR) is 79.2 cm³/mol. The second kappa shape index (κ2) is 4.12. The van der Waals surface area contributed by atoms with E-state index in [1.54, 1.807) is 0 Å². The summed E-state index contributed by atoms with van der Waals surface area (Å²) in [4.78, 5) is 6.82. The fourth-order valence-electron chi connectivity index (χ4n) is 2.86. The third-order valence-electron chi connectivity index (χ3n) is 4.28. The highest BCUT2D eigenvalue weighted by molar-refractivity contribution is 6.01. The summed E-state index contributed by atoms with van der Waals surface area (Å²) in [5.41, 5.74) is 8.25. The molecule has 0 atom stereocenters. The number of anilines is 2. The quantitative estimate of drug-likeness (QED) is 0.851. The number of pyridine rings is 1. The van der Waals surface area contributed by atoms with Crippen molar-refractivity contribution >= 4 is 22.1 Å². The van der Waals surface area contributed by atoms with Gasteiger partial charge in [-0.3, -0.25) is 4.98 Å². The zero-order valence-electron chi connectivity index (χ0n) is 11.0. The lowest BCUT2D eigenvalue weighted by molar-refractivity contribution is 0.721. The Morgan fingerprint density at radius 3 is 2.68 bits per heavy atom. The molecule has 1 aromatic heterocycles. The fourth-order valence-corrected chi connectivity index (χ4v) is 2.86. The molecule has 3 nitrogen and oxygen atoms in total. The average molecular weight is 253 g/mol. The van der Waals surface area contributed by atoms with Gasteiger partial charge in [-0.2, -0.15) is 0 Å². The van der Waals surface area contributed by atoms with Crippen LogP contribution in [-0.4, -0.2) is 17.6 Å². The number of aromatic nitrogens is 1. The minimum absolute atomic E-state index is 0.751. The van der Waals surface area contributed by atoms with Crippen LogP contribution in [0.2, 0.25) is 0 Å². The Labute approximate surface area is 113 Å². The van der Waals surface area contributed by atoms with Crippen molar-refractivity contribution in [2.24, 2.45) is 5.92 Å². The lowest BCUT2D eigenvalue weighted by Crippen LogP contribution is -2.28. The SMILES string of the molecule is Nc1ccc(N(CC2CC2)C2CC2)c2ccncc12. The smallest absolute Gasteiger partial charge is 0.0451 e. The Balaban J connectivity index is 1.81. The van der Waals surface area contributed by atoms with E-state index in [1.165, 1.54) is 43.3 Å². The number of nitrogen functional groups attached to an aromatic ring is 1. The summed E-state index contributed by atoms with van der Waals surface area (Å²) in [5, 5.41) is 2.34. The highest BCUT2D eigenvalue weighted by atomic mass is 15.2. The highest BCUT2D eigenvalue weighted by Crippen LogP contribution is 2.40. The maximum atomic E-state index is 6.07.